The van der Waals surface area contributed by atoms with Gasteiger partial charge in [-0.1, -0.05) is 0 Å². The fraction of sp³-hybridized carbons (Fsp3) is 0.500. The van der Waals surface area contributed by atoms with E-state index in [2.05, 4.69) is 72.0 Å². The number of hydrogen-bond acceptors (Lipinski definition) is 0. The maximum atomic E-state index is 2.12. The van der Waals surface area contributed by atoms with Gasteiger partial charge in [0.15, 0.2) is 0 Å². The summed E-state index contributed by atoms with van der Waals surface area (Å²) in [4.78, 5) is 0. The lowest BCUT2D eigenvalue weighted by Crippen LogP contribution is -3.00. The predicted octanol–water partition coefficient (Wildman–Crippen LogP) is -7.99. The Morgan fingerprint density at radius 1 is 0.519 bits per heavy atom. The van der Waals surface area contributed by atoms with Crippen molar-refractivity contribution in [3.8, 4) is 0 Å². The Bertz CT molecular complexity index is 610. The van der Waals surface area contributed by atoms with E-state index in [4.69, 9.17) is 0 Å². The lowest BCUT2D eigenvalue weighted by Gasteiger charge is -1.81. The van der Waals surface area contributed by atoms with Crippen LogP contribution in [0.4, 0.5) is 0 Å². The molecule has 0 fully saturated rings. The number of hydrogen-bond donors (Lipinski definition) is 0. The van der Waals surface area contributed by atoms with Gasteiger partial charge in [-0.2, -0.15) is 0 Å². The minimum Gasteiger partial charge on any atom is -1.00 e. The molecule has 0 atom stereocenters. The molecule has 0 amide bonds. The molecule has 9 heteroatoms. The molecule has 0 spiro atoms. The van der Waals surface area contributed by atoms with Gasteiger partial charge in [0, 0.05) is 0 Å². The summed E-state index contributed by atoms with van der Waals surface area (Å²) in [5, 5.41) is 0. The maximum Gasteiger partial charge on any atom is 0.243 e. The van der Waals surface area contributed by atoms with Crippen LogP contribution in [0.25, 0.3) is 0 Å². The monoisotopic (exact) mass is 570 g/mol. The minimum atomic E-state index is 0. The molecular weight excluding hydrogens is 540 g/mol. The molecule has 3 aromatic heterocycles. The second-order valence-electron chi connectivity index (χ2n) is 5.73. The molecule has 3 rings (SSSR count). The highest BCUT2D eigenvalue weighted by Gasteiger charge is 1.93. The van der Waals surface area contributed by atoms with E-state index in [0.717, 1.165) is 19.6 Å². The molecule has 0 aliphatic rings. The number of aryl methyl sites for hydroxylation is 6. The number of nitrogens with zero attached hydrogens (tertiary/aromatic N) is 6. The Morgan fingerprint density at radius 3 is 0.815 bits per heavy atom. The van der Waals surface area contributed by atoms with E-state index in [1.54, 1.807) is 0 Å². The third-order valence-corrected chi connectivity index (χ3v) is 3.57. The maximum absolute atomic E-state index is 2.12. The lowest BCUT2D eigenvalue weighted by atomic mass is 10.7. The molecule has 3 aromatic rings. The smallest absolute Gasteiger partial charge is 0.243 e. The molecule has 0 aromatic carbocycles. The van der Waals surface area contributed by atoms with E-state index in [9.17, 15) is 0 Å². The second-order valence-corrected chi connectivity index (χ2v) is 5.73. The Labute approximate surface area is 195 Å². The summed E-state index contributed by atoms with van der Waals surface area (Å²) in [6.07, 6.45) is 18.4. The van der Waals surface area contributed by atoms with E-state index in [1.165, 1.54) is 0 Å². The highest BCUT2D eigenvalue weighted by Crippen LogP contribution is 1.80. The van der Waals surface area contributed by atoms with Crippen LogP contribution >= 0.6 is 0 Å². The molecule has 6 nitrogen and oxygen atoms in total. The van der Waals surface area contributed by atoms with Gasteiger partial charge in [0.25, 0.3) is 0 Å². The molecule has 0 aliphatic carbocycles. The fourth-order valence-corrected chi connectivity index (χ4v) is 2.07. The first-order chi connectivity index (χ1) is 11.5. The average Bonchev–Trinajstić information content (AvgIpc) is 3.30. The highest BCUT2D eigenvalue weighted by atomic mass is 79.9. The van der Waals surface area contributed by atoms with Crippen LogP contribution in [0.15, 0.2) is 56.2 Å². The van der Waals surface area contributed by atoms with Gasteiger partial charge in [0.2, 0.25) is 19.0 Å². The number of halogens is 3. The zero-order valence-corrected chi connectivity index (χ0v) is 21.9. The third kappa shape index (κ3) is 13.0. The van der Waals surface area contributed by atoms with Crippen LogP contribution in [0.2, 0.25) is 0 Å². The SMILES string of the molecule is CCn1cc[n+](C)c1.CCn1cc[n+](C)c1.CCn1cc[n+](C)c1.[Br-].[Br-].[Br-]. The van der Waals surface area contributed by atoms with E-state index in [-0.39, 0.29) is 50.9 Å². The summed E-state index contributed by atoms with van der Waals surface area (Å²) in [5.41, 5.74) is 0. The van der Waals surface area contributed by atoms with E-state index in [0.29, 0.717) is 0 Å². The first kappa shape index (κ1) is 30.8. The highest BCUT2D eigenvalue weighted by molar-refractivity contribution is 4.64. The first-order valence-electron chi connectivity index (χ1n) is 8.51. The molecule has 0 unspecified atom stereocenters. The van der Waals surface area contributed by atoms with Crippen LogP contribution < -0.4 is 64.6 Å². The molecule has 0 bridgehead atoms. The molecule has 0 saturated heterocycles. The largest absolute Gasteiger partial charge is 1.00 e. The number of rotatable bonds is 3. The molecule has 0 radical (unpaired) electrons. The van der Waals surface area contributed by atoms with Gasteiger partial charge in [-0.05, 0) is 20.8 Å². The molecule has 0 N–H and O–H groups in total. The summed E-state index contributed by atoms with van der Waals surface area (Å²) in [6, 6.07) is 0. The predicted molar refractivity (Wildman–Crippen MR) is 93.8 cm³/mol. The zero-order chi connectivity index (χ0) is 17.9. The van der Waals surface area contributed by atoms with Crippen molar-refractivity contribution in [1.82, 2.24) is 13.7 Å². The third-order valence-electron chi connectivity index (χ3n) is 3.57. The van der Waals surface area contributed by atoms with Crippen molar-refractivity contribution in [2.24, 2.45) is 21.1 Å². The molecule has 3 heterocycles. The van der Waals surface area contributed by atoms with Gasteiger partial charge in [-0.3, -0.25) is 0 Å². The number of imidazole rings is 3. The topological polar surface area (TPSA) is 26.4 Å². The molecule has 27 heavy (non-hydrogen) atoms. The van der Waals surface area contributed by atoms with Crippen molar-refractivity contribution < 1.29 is 64.6 Å². The Hall–Kier alpha value is -0.930. The summed E-state index contributed by atoms with van der Waals surface area (Å²) < 4.78 is 12.5. The quantitative estimate of drug-likeness (QED) is 0.279. The van der Waals surface area contributed by atoms with E-state index in [1.807, 2.05) is 53.4 Å². The average molecular weight is 573 g/mol. The van der Waals surface area contributed by atoms with Crippen molar-refractivity contribution >= 4 is 0 Å². The van der Waals surface area contributed by atoms with Gasteiger partial charge >= 0.3 is 0 Å². The van der Waals surface area contributed by atoms with Gasteiger partial charge in [0.05, 0.1) is 40.8 Å². The normalized spacial score (nSPS) is 8.67. The van der Waals surface area contributed by atoms with E-state index >= 15 is 0 Å². The second kappa shape index (κ2) is 17.2. The molecule has 0 aliphatic heterocycles. The molecule has 0 saturated carbocycles. The summed E-state index contributed by atoms with van der Waals surface area (Å²) in [6.45, 7) is 9.54. The lowest BCUT2D eigenvalue weighted by molar-refractivity contribution is -0.671. The Balaban J connectivity index is -0.000000303. The Morgan fingerprint density at radius 2 is 0.741 bits per heavy atom. The van der Waals surface area contributed by atoms with Gasteiger partial charge in [0.1, 0.15) is 37.2 Å². The van der Waals surface area contributed by atoms with Crippen molar-refractivity contribution in [3.05, 3.63) is 56.2 Å². The van der Waals surface area contributed by atoms with Crippen molar-refractivity contribution in [3.63, 3.8) is 0 Å². The van der Waals surface area contributed by atoms with Gasteiger partial charge < -0.3 is 50.9 Å². The van der Waals surface area contributed by atoms with Crippen LogP contribution in [0.3, 0.4) is 0 Å². The summed E-state index contributed by atoms with van der Waals surface area (Å²) >= 11 is 0. The van der Waals surface area contributed by atoms with Crippen LogP contribution in [0.5, 0.6) is 0 Å². The van der Waals surface area contributed by atoms with Crippen LogP contribution in [-0.4, -0.2) is 13.7 Å². The van der Waals surface area contributed by atoms with Crippen LogP contribution in [0, 0.1) is 0 Å². The van der Waals surface area contributed by atoms with Crippen molar-refractivity contribution in [1.29, 1.82) is 0 Å². The zero-order valence-electron chi connectivity index (χ0n) is 17.1. The minimum absolute atomic E-state index is 0. The van der Waals surface area contributed by atoms with Crippen LogP contribution in [-0.2, 0) is 40.8 Å². The number of aromatic nitrogens is 6. The Kier molecular flexibility index (Phi) is 19.6. The molecule has 156 valence electrons. The van der Waals surface area contributed by atoms with Crippen molar-refractivity contribution in [2.45, 2.75) is 40.4 Å². The first-order valence-corrected chi connectivity index (χ1v) is 8.51. The van der Waals surface area contributed by atoms with Gasteiger partial charge in [-0.15, -0.1) is 0 Å². The van der Waals surface area contributed by atoms with Crippen molar-refractivity contribution in [2.75, 3.05) is 0 Å². The summed E-state index contributed by atoms with van der Waals surface area (Å²) in [5.74, 6) is 0. The fourth-order valence-electron chi connectivity index (χ4n) is 2.07. The standard InChI is InChI=1S/3C6H11N2.3BrH/c3*1-3-8-5-4-7(2)6-8;;;/h3*4-6H,3H2,1-2H3;3*1H/q3*+1;;;/p-3. The van der Waals surface area contributed by atoms with E-state index < -0.39 is 0 Å². The summed E-state index contributed by atoms with van der Waals surface area (Å²) in [7, 11) is 6.06. The van der Waals surface area contributed by atoms with Gasteiger partial charge in [-0.25, -0.2) is 27.4 Å². The molecular formula is C18H33Br3N6. The van der Waals surface area contributed by atoms with Crippen LogP contribution in [0.1, 0.15) is 20.8 Å².